The van der Waals surface area contributed by atoms with Gasteiger partial charge in [-0.3, -0.25) is 4.90 Å². The van der Waals surface area contributed by atoms with Crippen molar-refractivity contribution in [1.29, 1.82) is 0 Å². The van der Waals surface area contributed by atoms with Crippen molar-refractivity contribution < 1.29 is 17.9 Å². The molecule has 0 spiro atoms. The number of rotatable bonds is 4. The first-order valence-corrected chi connectivity index (χ1v) is 9.24. The van der Waals surface area contributed by atoms with Crippen LogP contribution in [0.2, 0.25) is 0 Å². The summed E-state index contributed by atoms with van der Waals surface area (Å²) >= 11 is 0. The van der Waals surface area contributed by atoms with E-state index in [1.165, 1.54) is 22.7 Å². The fourth-order valence-electron chi connectivity index (χ4n) is 2.82. The fraction of sp³-hybridized carbons (Fsp3) is 0.600. The average molecular weight is 330 g/mol. The highest BCUT2D eigenvalue weighted by Gasteiger charge is 2.23. The minimum absolute atomic E-state index is 0.313. The van der Waals surface area contributed by atoms with Crippen molar-refractivity contribution in [2.24, 2.45) is 0 Å². The first-order chi connectivity index (χ1) is 10.3. The molecule has 0 radical (unpaired) electrons. The third-order valence-corrected chi connectivity index (χ3v) is 5.34. The van der Waals surface area contributed by atoms with Crippen molar-refractivity contribution in [1.82, 2.24) is 9.21 Å². The smallest absolute Gasteiger partial charge is 0.211 e. The second kappa shape index (κ2) is 7.04. The standard InChI is InChI=1S/C15H23FN2O3S/c1-12-10-13(16)4-5-14(12)15(19)11-17-6-3-7-18(9-8-17)22(2,20)21/h4-5,10,15,19H,3,6-9,11H2,1-2H3. The molecule has 0 saturated carbocycles. The summed E-state index contributed by atoms with van der Waals surface area (Å²) in [6.45, 7) is 4.47. The molecule has 1 saturated heterocycles. The number of benzene rings is 1. The number of aryl methyl sites for hydroxylation is 1. The largest absolute Gasteiger partial charge is 0.387 e. The maximum atomic E-state index is 13.1. The van der Waals surface area contributed by atoms with Gasteiger partial charge in [-0.1, -0.05) is 6.07 Å². The molecule has 0 aromatic heterocycles. The first-order valence-electron chi connectivity index (χ1n) is 7.39. The van der Waals surface area contributed by atoms with Gasteiger partial charge in [0.15, 0.2) is 0 Å². The molecule has 0 amide bonds. The molecule has 1 N–H and O–H groups in total. The Bertz CT molecular complexity index is 621. The van der Waals surface area contributed by atoms with Gasteiger partial charge in [-0.05, 0) is 43.1 Å². The molecule has 2 rings (SSSR count). The number of aliphatic hydroxyl groups is 1. The van der Waals surface area contributed by atoms with E-state index >= 15 is 0 Å². The van der Waals surface area contributed by atoms with E-state index in [9.17, 15) is 17.9 Å². The Balaban J connectivity index is 1.98. The van der Waals surface area contributed by atoms with Crippen LogP contribution in [0.5, 0.6) is 0 Å². The zero-order chi connectivity index (χ0) is 16.3. The first kappa shape index (κ1) is 17.3. The van der Waals surface area contributed by atoms with Crippen LogP contribution < -0.4 is 0 Å². The Morgan fingerprint density at radius 1 is 1.27 bits per heavy atom. The lowest BCUT2D eigenvalue weighted by Crippen LogP contribution is -2.35. The molecule has 1 unspecified atom stereocenters. The Kier molecular flexibility index (Phi) is 5.55. The predicted molar refractivity (Wildman–Crippen MR) is 83.6 cm³/mol. The van der Waals surface area contributed by atoms with Gasteiger partial charge in [-0.2, -0.15) is 0 Å². The highest BCUT2D eigenvalue weighted by atomic mass is 32.2. The molecule has 22 heavy (non-hydrogen) atoms. The van der Waals surface area contributed by atoms with Crippen molar-refractivity contribution >= 4 is 10.0 Å². The number of aliphatic hydroxyl groups excluding tert-OH is 1. The van der Waals surface area contributed by atoms with Crippen LogP contribution in [0.15, 0.2) is 18.2 Å². The molecule has 1 aliphatic rings. The van der Waals surface area contributed by atoms with Crippen LogP contribution in [0.25, 0.3) is 0 Å². The van der Waals surface area contributed by atoms with Crippen molar-refractivity contribution in [2.75, 3.05) is 39.0 Å². The van der Waals surface area contributed by atoms with Crippen LogP contribution in [0.4, 0.5) is 4.39 Å². The van der Waals surface area contributed by atoms with Gasteiger partial charge in [0.25, 0.3) is 0 Å². The second-order valence-electron chi connectivity index (χ2n) is 5.83. The van der Waals surface area contributed by atoms with E-state index in [0.29, 0.717) is 31.7 Å². The number of β-amino-alcohol motifs (C(OH)–C–C–N with tert-alkyl or cyclic N) is 1. The van der Waals surface area contributed by atoms with Gasteiger partial charge in [-0.15, -0.1) is 0 Å². The third-order valence-electron chi connectivity index (χ3n) is 4.04. The van der Waals surface area contributed by atoms with Crippen LogP contribution in [-0.4, -0.2) is 61.7 Å². The van der Waals surface area contributed by atoms with E-state index in [0.717, 1.165) is 18.5 Å². The summed E-state index contributed by atoms with van der Waals surface area (Å²) in [5.41, 5.74) is 1.44. The van der Waals surface area contributed by atoms with Crippen molar-refractivity contribution in [3.8, 4) is 0 Å². The second-order valence-corrected chi connectivity index (χ2v) is 7.82. The molecule has 0 aliphatic carbocycles. The van der Waals surface area contributed by atoms with Gasteiger partial charge in [0.05, 0.1) is 12.4 Å². The molecule has 124 valence electrons. The molecule has 1 aromatic rings. The molecular formula is C15H23FN2O3S. The average Bonchev–Trinajstić information content (AvgIpc) is 2.63. The number of sulfonamides is 1. The predicted octanol–water partition coefficient (Wildman–Crippen LogP) is 1.13. The zero-order valence-corrected chi connectivity index (χ0v) is 13.8. The number of hydrogen-bond donors (Lipinski definition) is 1. The molecule has 1 atom stereocenters. The van der Waals surface area contributed by atoms with Crippen LogP contribution in [0.1, 0.15) is 23.7 Å². The van der Waals surface area contributed by atoms with E-state index < -0.39 is 16.1 Å². The van der Waals surface area contributed by atoms with Gasteiger partial charge in [0.2, 0.25) is 10.0 Å². The maximum Gasteiger partial charge on any atom is 0.211 e. The highest BCUT2D eigenvalue weighted by molar-refractivity contribution is 7.88. The summed E-state index contributed by atoms with van der Waals surface area (Å²) in [7, 11) is -3.16. The summed E-state index contributed by atoms with van der Waals surface area (Å²) in [5.74, 6) is -0.313. The topological polar surface area (TPSA) is 60.9 Å². The summed E-state index contributed by atoms with van der Waals surface area (Å²) in [6.07, 6.45) is 1.26. The summed E-state index contributed by atoms with van der Waals surface area (Å²) in [6, 6.07) is 4.36. The fourth-order valence-corrected chi connectivity index (χ4v) is 3.69. The van der Waals surface area contributed by atoms with Gasteiger partial charge in [0.1, 0.15) is 5.82 Å². The minimum Gasteiger partial charge on any atom is -0.387 e. The Morgan fingerprint density at radius 2 is 2.00 bits per heavy atom. The SMILES string of the molecule is Cc1cc(F)ccc1C(O)CN1CCCN(S(C)(=O)=O)CC1. The summed E-state index contributed by atoms with van der Waals surface area (Å²) in [4.78, 5) is 2.05. The quantitative estimate of drug-likeness (QED) is 0.899. The highest BCUT2D eigenvalue weighted by Crippen LogP contribution is 2.20. The lowest BCUT2D eigenvalue weighted by Gasteiger charge is -2.24. The molecular weight excluding hydrogens is 307 g/mol. The third kappa shape index (κ3) is 4.49. The monoisotopic (exact) mass is 330 g/mol. The van der Waals surface area contributed by atoms with Crippen molar-refractivity contribution in [3.05, 3.63) is 35.1 Å². The molecule has 1 heterocycles. The lowest BCUT2D eigenvalue weighted by atomic mass is 10.0. The van der Waals surface area contributed by atoms with Gasteiger partial charge in [-0.25, -0.2) is 17.1 Å². The van der Waals surface area contributed by atoms with E-state index in [2.05, 4.69) is 4.90 Å². The van der Waals surface area contributed by atoms with E-state index in [1.54, 1.807) is 13.0 Å². The number of halogens is 1. The minimum atomic E-state index is -3.16. The number of hydrogen-bond acceptors (Lipinski definition) is 4. The number of nitrogens with zero attached hydrogens (tertiary/aromatic N) is 2. The molecule has 1 fully saturated rings. The molecule has 1 aromatic carbocycles. The van der Waals surface area contributed by atoms with E-state index in [-0.39, 0.29) is 5.82 Å². The van der Waals surface area contributed by atoms with Crippen molar-refractivity contribution in [2.45, 2.75) is 19.4 Å². The van der Waals surface area contributed by atoms with Crippen LogP contribution >= 0.6 is 0 Å². The molecule has 1 aliphatic heterocycles. The van der Waals surface area contributed by atoms with E-state index in [4.69, 9.17) is 0 Å². The van der Waals surface area contributed by atoms with Gasteiger partial charge in [0, 0.05) is 26.2 Å². The van der Waals surface area contributed by atoms with E-state index in [1.807, 2.05) is 0 Å². The maximum absolute atomic E-state index is 13.1. The zero-order valence-electron chi connectivity index (χ0n) is 13.0. The Hall–Kier alpha value is -1.02. The lowest BCUT2D eigenvalue weighted by molar-refractivity contribution is 0.115. The molecule has 5 nitrogen and oxygen atoms in total. The van der Waals surface area contributed by atoms with Crippen LogP contribution in [0.3, 0.4) is 0 Å². The van der Waals surface area contributed by atoms with Gasteiger partial charge < -0.3 is 5.11 Å². The van der Waals surface area contributed by atoms with Crippen LogP contribution in [-0.2, 0) is 10.0 Å². The van der Waals surface area contributed by atoms with Crippen molar-refractivity contribution in [3.63, 3.8) is 0 Å². The Morgan fingerprint density at radius 3 is 2.64 bits per heavy atom. The normalized spacial score (nSPS) is 19.8. The summed E-state index contributed by atoms with van der Waals surface area (Å²) < 4.78 is 37.8. The van der Waals surface area contributed by atoms with Crippen LogP contribution in [0, 0.1) is 12.7 Å². The van der Waals surface area contributed by atoms with Gasteiger partial charge >= 0.3 is 0 Å². The molecule has 7 heteroatoms. The summed E-state index contributed by atoms with van der Waals surface area (Å²) in [5, 5.41) is 10.4. The Labute approximate surface area is 131 Å². The molecule has 0 bridgehead atoms.